The van der Waals surface area contributed by atoms with Gasteiger partial charge in [-0.1, -0.05) is 96.8 Å². The SMILES string of the molecule is C=C.CCCCCCCCCCCCCCCCCC(=O)OC[C@@H](O)[C@H]1OC[C@H](O)[C@H]1O. The van der Waals surface area contributed by atoms with Crippen molar-refractivity contribution in [3.05, 3.63) is 13.2 Å². The molecule has 190 valence electrons. The molecule has 6 heteroatoms. The number of hydrogen-bond donors (Lipinski definition) is 3. The minimum absolute atomic E-state index is 0.0179. The van der Waals surface area contributed by atoms with E-state index in [1.807, 2.05) is 0 Å². The second kappa shape index (κ2) is 21.9. The molecule has 32 heavy (non-hydrogen) atoms. The van der Waals surface area contributed by atoms with Gasteiger partial charge in [0.05, 0.1) is 6.61 Å². The van der Waals surface area contributed by atoms with E-state index >= 15 is 0 Å². The molecule has 0 spiro atoms. The molecule has 1 heterocycles. The van der Waals surface area contributed by atoms with Crippen molar-refractivity contribution in [2.45, 2.75) is 134 Å². The fourth-order valence-corrected chi connectivity index (χ4v) is 3.95. The number of esters is 1. The van der Waals surface area contributed by atoms with Crippen molar-refractivity contribution >= 4 is 5.97 Å². The highest BCUT2D eigenvalue weighted by atomic mass is 16.6. The molecule has 0 amide bonds. The van der Waals surface area contributed by atoms with Crippen LogP contribution in [0.15, 0.2) is 13.2 Å². The van der Waals surface area contributed by atoms with Gasteiger partial charge in [0.2, 0.25) is 0 Å². The summed E-state index contributed by atoms with van der Waals surface area (Å²) < 4.78 is 10.2. The van der Waals surface area contributed by atoms with Gasteiger partial charge < -0.3 is 24.8 Å². The van der Waals surface area contributed by atoms with E-state index in [2.05, 4.69) is 20.1 Å². The van der Waals surface area contributed by atoms with Crippen LogP contribution >= 0.6 is 0 Å². The molecule has 0 aromatic carbocycles. The minimum Gasteiger partial charge on any atom is -0.463 e. The summed E-state index contributed by atoms with van der Waals surface area (Å²) in [7, 11) is 0. The predicted octanol–water partition coefficient (Wildman–Crippen LogP) is 5.07. The van der Waals surface area contributed by atoms with Crippen LogP contribution in [0.5, 0.6) is 0 Å². The zero-order chi connectivity index (χ0) is 24.0. The maximum absolute atomic E-state index is 11.8. The first-order chi connectivity index (χ1) is 15.6. The van der Waals surface area contributed by atoms with Crippen LogP contribution in [-0.4, -0.2) is 58.9 Å². The largest absolute Gasteiger partial charge is 0.463 e. The zero-order valence-corrected chi connectivity index (χ0v) is 20.5. The summed E-state index contributed by atoms with van der Waals surface area (Å²) in [5.74, 6) is -0.336. The fourth-order valence-electron chi connectivity index (χ4n) is 3.95. The third kappa shape index (κ3) is 15.8. The number of carbonyl (C=O) groups excluding carboxylic acids is 1. The molecule has 1 aliphatic heterocycles. The first kappa shape index (κ1) is 31.0. The van der Waals surface area contributed by atoms with E-state index in [9.17, 15) is 20.1 Å². The summed E-state index contributed by atoms with van der Waals surface area (Å²) in [6.07, 6.45) is 15.4. The van der Waals surface area contributed by atoms with Crippen LogP contribution in [0.2, 0.25) is 0 Å². The Balaban J connectivity index is 0.00000466. The molecule has 1 aliphatic rings. The monoisotopic (exact) mass is 458 g/mol. The molecule has 0 aromatic heterocycles. The molecule has 0 aliphatic carbocycles. The Kier molecular flexibility index (Phi) is 21.2. The average molecular weight is 459 g/mol. The number of aliphatic hydroxyl groups is 3. The molecule has 4 atom stereocenters. The first-order valence-electron chi connectivity index (χ1n) is 12.9. The van der Waals surface area contributed by atoms with Crippen LogP contribution in [0.1, 0.15) is 110 Å². The Labute approximate surface area is 196 Å². The van der Waals surface area contributed by atoms with Crippen LogP contribution in [0.3, 0.4) is 0 Å². The highest BCUT2D eigenvalue weighted by Gasteiger charge is 2.39. The van der Waals surface area contributed by atoms with E-state index in [-0.39, 0.29) is 19.2 Å². The Morgan fingerprint density at radius 1 is 0.875 bits per heavy atom. The predicted molar refractivity (Wildman–Crippen MR) is 130 cm³/mol. The number of rotatable bonds is 19. The maximum Gasteiger partial charge on any atom is 0.305 e. The summed E-state index contributed by atoms with van der Waals surface area (Å²) in [6, 6.07) is 0. The van der Waals surface area contributed by atoms with Gasteiger partial charge in [-0.3, -0.25) is 4.79 Å². The summed E-state index contributed by atoms with van der Waals surface area (Å²) in [4.78, 5) is 11.8. The fraction of sp³-hybridized carbons (Fsp3) is 0.885. The molecule has 3 N–H and O–H groups in total. The van der Waals surface area contributed by atoms with Gasteiger partial charge in [-0.05, 0) is 6.42 Å². The van der Waals surface area contributed by atoms with E-state index in [0.717, 1.165) is 19.3 Å². The van der Waals surface area contributed by atoms with Crippen molar-refractivity contribution in [1.82, 2.24) is 0 Å². The number of carbonyl (C=O) groups is 1. The van der Waals surface area contributed by atoms with Gasteiger partial charge in [-0.15, -0.1) is 13.2 Å². The third-order valence-corrected chi connectivity index (χ3v) is 5.97. The Morgan fingerprint density at radius 2 is 1.31 bits per heavy atom. The van der Waals surface area contributed by atoms with Crippen molar-refractivity contribution in [3.8, 4) is 0 Å². The Bertz CT molecular complexity index is 431. The summed E-state index contributed by atoms with van der Waals surface area (Å²) in [5, 5.41) is 29.0. The standard InChI is InChI=1S/C24H46O6.C2H4/c1-2-3-4-5-6-7-8-9-10-11-12-13-14-15-16-17-22(27)29-19-21(26)24-23(28)20(25)18-30-24;1-2/h20-21,23-26,28H,2-19H2,1H3;1-2H2/t20-,21+,23+,24+;/m0./s1. The maximum atomic E-state index is 11.8. The molecule has 1 rings (SSSR count). The molecule has 0 unspecified atom stereocenters. The van der Waals surface area contributed by atoms with Crippen LogP contribution in [0.25, 0.3) is 0 Å². The number of hydrogen-bond acceptors (Lipinski definition) is 6. The normalized spacial score (nSPS) is 21.1. The van der Waals surface area contributed by atoms with Gasteiger partial charge in [0.25, 0.3) is 0 Å². The molecule has 6 nitrogen and oxygen atoms in total. The minimum atomic E-state index is -1.14. The van der Waals surface area contributed by atoms with Crippen LogP contribution in [0, 0.1) is 0 Å². The molecule has 1 saturated heterocycles. The Hall–Kier alpha value is -0.950. The van der Waals surface area contributed by atoms with Gasteiger partial charge >= 0.3 is 5.97 Å². The van der Waals surface area contributed by atoms with Gasteiger partial charge in [0.15, 0.2) is 0 Å². The summed E-state index contributed by atoms with van der Waals surface area (Å²) in [6.45, 7) is 8.03. The number of ether oxygens (including phenoxy) is 2. The quantitative estimate of drug-likeness (QED) is 0.142. The molecule has 1 fully saturated rings. The van der Waals surface area contributed by atoms with Crippen molar-refractivity contribution in [3.63, 3.8) is 0 Å². The highest BCUT2D eigenvalue weighted by molar-refractivity contribution is 5.69. The summed E-state index contributed by atoms with van der Waals surface area (Å²) >= 11 is 0. The lowest BCUT2D eigenvalue weighted by Crippen LogP contribution is -2.41. The van der Waals surface area contributed by atoms with Gasteiger partial charge in [0.1, 0.15) is 31.0 Å². The molecule has 0 radical (unpaired) electrons. The van der Waals surface area contributed by atoms with Crippen LogP contribution < -0.4 is 0 Å². The molecule has 0 aromatic rings. The van der Waals surface area contributed by atoms with E-state index in [0.29, 0.717) is 6.42 Å². The highest BCUT2D eigenvalue weighted by Crippen LogP contribution is 2.18. The molecular formula is C26H50O6. The molecular weight excluding hydrogens is 408 g/mol. The van der Waals surface area contributed by atoms with E-state index in [1.165, 1.54) is 77.0 Å². The van der Waals surface area contributed by atoms with Crippen molar-refractivity contribution in [1.29, 1.82) is 0 Å². The van der Waals surface area contributed by atoms with E-state index in [4.69, 9.17) is 9.47 Å². The van der Waals surface area contributed by atoms with E-state index in [1.54, 1.807) is 0 Å². The molecule has 0 bridgehead atoms. The van der Waals surface area contributed by atoms with Crippen LogP contribution in [-0.2, 0) is 14.3 Å². The topological polar surface area (TPSA) is 96.2 Å². The van der Waals surface area contributed by atoms with E-state index < -0.39 is 24.4 Å². The lowest BCUT2D eigenvalue weighted by Gasteiger charge is -2.20. The second-order valence-electron chi connectivity index (χ2n) is 8.81. The van der Waals surface area contributed by atoms with Gasteiger partial charge in [-0.25, -0.2) is 0 Å². The lowest BCUT2D eigenvalue weighted by atomic mass is 10.0. The Morgan fingerprint density at radius 3 is 1.72 bits per heavy atom. The zero-order valence-electron chi connectivity index (χ0n) is 20.5. The van der Waals surface area contributed by atoms with Crippen molar-refractivity contribution in [2.75, 3.05) is 13.2 Å². The third-order valence-electron chi connectivity index (χ3n) is 5.97. The number of aliphatic hydroxyl groups excluding tert-OH is 3. The van der Waals surface area contributed by atoms with Gasteiger partial charge in [-0.2, -0.15) is 0 Å². The van der Waals surface area contributed by atoms with Crippen molar-refractivity contribution < 1.29 is 29.6 Å². The smallest absolute Gasteiger partial charge is 0.305 e. The first-order valence-corrected chi connectivity index (χ1v) is 12.9. The number of unbranched alkanes of at least 4 members (excludes halogenated alkanes) is 14. The van der Waals surface area contributed by atoms with Gasteiger partial charge in [0, 0.05) is 6.42 Å². The second-order valence-corrected chi connectivity index (χ2v) is 8.81. The van der Waals surface area contributed by atoms with Crippen LogP contribution in [0.4, 0.5) is 0 Å². The summed E-state index contributed by atoms with van der Waals surface area (Å²) in [5.41, 5.74) is 0. The average Bonchev–Trinajstić information content (AvgIpc) is 3.14. The van der Waals surface area contributed by atoms with Crippen molar-refractivity contribution in [2.24, 2.45) is 0 Å². The molecule has 0 saturated carbocycles. The lowest BCUT2D eigenvalue weighted by molar-refractivity contribution is -0.151.